The summed E-state index contributed by atoms with van der Waals surface area (Å²) in [6, 6.07) is 10.1. The Morgan fingerprint density at radius 3 is 2.55 bits per heavy atom. The zero-order valence-electron chi connectivity index (χ0n) is 13.4. The summed E-state index contributed by atoms with van der Waals surface area (Å²) in [4.78, 5) is 23.1. The summed E-state index contributed by atoms with van der Waals surface area (Å²) in [6.07, 6.45) is 2.13. The Labute approximate surface area is 131 Å². The number of carbonyl (C=O) groups is 2. The molecule has 1 N–H and O–H groups in total. The van der Waals surface area contributed by atoms with Crippen molar-refractivity contribution in [3.63, 3.8) is 0 Å². The molecular formula is C17H24N2O3. The number of hydrogen-bond donors (Lipinski definition) is 1. The zero-order chi connectivity index (χ0) is 16.2. The topological polar surface area (TPSA) is 58.6 Å². The van der Waals surface area contributed by atoms with Crippen molar-refractivity contribution in [3.05, 3.63) is 35.9 Å². The molecule has 1 aliphatic heterocycles. The summed E-state index contributed by atoms with van der Waals surface area (Å²) in [7, 11) is 0. The van der Waals surface area contributed by atoms with Gasteiger partial charge in [0.1, 0.15) is 11.9 Å². The third-order valence-corrected chi connectivity index (χ3v) is 3.63. The highest BCUT2D eigenvalue weighted by Gasteiger charge is 2.31. The Bertz CT molecular complexity index is 510. The maximum Gasteiger partial charge on any atom is 0.422 e. The van der Waals surface area contributed by atoms with Crippen LogP contribution >= 0.6 is 0 Å². The fraction of sp³-hybridized carbons (Fsp3) is 0.529. The lowest BCUT2D eigenvalue weighted by Crippen LogP contribution is -2.50. The molecule has 1 fully saturated rings. The van der Waals surface area contributed by atoms with Crippen molar-refractivity contribution in [1.82, 2.24) is 10.4 Å². The molecule has 0 aliphatic carbocycles. The minimum absolute atomic E-state index is 0.0601. The van der Waals surface area contributed by atoms with E-state index in [9.17, 15) is 9.59 Å². The normalized spacial score (nSPS) is 22.9. The molecule has 120 valence electrons. The van der Waals surface area contributed by atoms with Crippen LogP contribution in [0.5, 0.6) is 0 Å². The van der Waals surface area contributed by atoms with E-state index in [0.29, 0.717) is 6.54 Å². The van der Waals surface area contributed by atoms with Gasteiger partial charge in [-0.1, -0.05) is 30.3 Å². The molecule has 1 aliphatic rings. The molecule has 0 radical (unpaired) electrons. The van der Waals surface area contributed by atoms with Gasteiger partial charge in [-0.25, -0.2) is 9.80 Å². The first-order valence-electron chi connectivity index (χ1n) is 7.65. The molecule has 1 heterocycles. The summed E-state index contributed by atoms with van der Waals surface area (Å²) in [5, 5.41) is 1.83. The largest absolute Gasteiger partial charge is 0.443 e. The highest BCUT2D eigenvalue weighted by atomic mass is 16.6. The number of ether oxygens (including phenoxy) is 1. The van der Waals surface area contributed by atoms with E-state index in [4.69, 9.17) is 4.74 Å². The molecule has 2 rings (SSSR count). The van der Waals surface area contributed by atoms with E-state index in [1.807, 2.05) is 56.1 Å². The average molecular weight is 304 g/mol. The van der Waals surface area contributed by atoms with Crippen LogP contribution in [0.4, 0.5) is 4.79 Å². The number of hydrazine groups is 1. The van der Waals surface area contributed by atoms with Gasteiger partial charge in [-0.15, -0.1) is 0 Å². The third-order valence-electron chi connectivity index (χ3n) is 3.63. The molecule has 1 aromatic rings. The van der Waals surface area contributed by atoms with Gasteiger partial charge in [-0.3, -0.25) is 5.43 Å². The number of hydrogen-bond acceptors (Lipinski definition) is 4. The van der Waals surface area contributed by atoms with Crippen LogP contribution in [0.15, 0.2) is 30.3 Å². The molecule has 1 amide bonds. The van der Waals surface area contributed by atoms with E-state index in [-0.39, 0.29) is 12.0 Å². The SMILES string of the molecule is CC(C)(C)OC(=O)NN1CC(C=O)CCC1c1ccccc1. The number of nitrogens with zero attached hydrogens (tertiary/aromatic N) is 1. The number of aldehydes is 1. The first-order chi connectivity index (χ1) is 10.4. The van der Waals surface area contributed by atoms with E-state index in [1.165, 1.54) is 0 Å². The van der Waals surface area contributed by atoms with E-state index >= 15 is 0 Å². The Morgan fingerprint density at radius 2 is 1.95 bits per heavy atom. The minimum Gasteiger partial charge on any atom is -0.443 e. The van der Waals surface area contributed by atoms with Gasteiger partial charge < -0.3 is 9.53 Å². The second kappa shape index (κ2) is 6.92. The quantitative estimate of drug-likeness (QED) is 0.872. The second-order valence-electron chi connectivity index (χ2n) is 6.67. The Morgan fingerprint density at radius 1 is 1.27 bits per heavy atom. The predicted octanol–water partition coefficient (Wildman–Crippen LogP) is 3.08. The highest BCUT2D eigenvalue weighted by molar-refractivity contribution is 5.67. The fourth-order valence-electron chi connectivity index (χ4n) is 2.67. The van der Waals surface area contributed by atoms with Crippen molar-refractivity contribution >= 4 is 12.4 Å². The summed E-state index contributed by atoms with van der Waals surface area (Å²) >= 11 is 0. The summed E-state index contributed by atoms with van der Waals surface area (Å²) in [6.45, 7) is 5.98. The van der Waals surface area contributed by atoms with Gasteiger partial charge in [0.05, 0.1) is 6.04 Å². The zero-order valence-corrected chi connectivity index (χ0v) is 13.4. The lowest BCUT2D eigenvalue weighted by atomic mass is 9.91. The predicted molar refractivity (Wildman–Crippen MR) is 84.0 cm³/mol. The Balaban J connectivity index is 2.11. The van der Waals surface area contributed by atoms with Crippen LogP contribution in [-0.4, -0.2) is 29.5 Å². The lowest BCUT2D eigenvalue weighted by molar-refractivity contribution is -0.114. The maximum atomic E-state index is 12.0. The van der Waals surface area contributed by atoms with Crippen LogP contribution in [0.1, 0.15) is 45.2 Å². The molecule has 0 bridgehead atoms. The van der Waals surface area contributed by atoms with Gasteiger partial charge in [0.2, 0.25) is 0 Å². The Kier molecular flexibility index (Phi) is 5.19. The molecule has 5 heteroatoms. The molecule has 0 saturated carbocycles. The molecular weight excluding hydrogens is 280 g/mol. The third kappa shape index (κ3) is 4.56. The maximum absolute atomic E-state index is 12.0. The lowest BCUT2D eigenvalue weighted by Gasteiger charge is -2.38. The van der Waals surface area contributed by atoms with E-state index in [2.05, 4.69) is 5.43 Å². The van der Waals surface area contributed by atoms with Crippen molar-refractivity contribution in [1.29, 1.82) is 0 Å². The molecule has 5 nitrogen and oxygen atoms in total. The number of amides is 1. The van der Waals surface area contributed by atoms with Crippen molar-refractivity contribution in [2.45, 2.75) is 45.3 Å². The Hall–Kier alpha value is -1.88. The van der Waals surface area contributed by atoms with Gasteiger partial charge >= 0.3 is 6.09 Å². The molecule has 22 heavy (non-hydrogen) atoms. The van der Waals surface area contributed by atoms with Gasteiger partial charge in [0, 0.05) is 12.5 Å². The van der Waals surface area contributed by atoms with E-state index in [0.717, 1.165) is 24.7 Å². The monoisotopic (exact) mass is 304 g/mol. The smallest absolute Gasteiger partial charge is 0.422 e. The van der Waals surface area contributed by atoms with E-state index < -0.39 is 11.7 Å². The minimum atomic E-state index is -0.549. The summed E-state index contributed by atoms with van der Waals surface area (Å²) in [5.74, 6) is -0.0603. The second-order valence-corrected chi connectivity index (χ2v) is 6.67. The number of carbonyl (C=O) groups excluding carboxylic acids is 2. The van der Waals surface area contributed by atoms with Crippen LogP contribution in [0.3, 0.4) is 0 Å². The first-order valence-corrected chi connectivity index (χ1v) is 7.65. The van der Waals surface area contributed by atoms with Crippen LogP contribution in [0, 0.1) is 5.92 Å². The van der Waals surface area contributed by atoms with Crippen LogP contribution < -0.4 is 5.43 Å². The first kappa shape index (κ1) is 16.5. The summed E-state index contributed by atoms with van der Waals surface area (Å²) < 4.78 is 5.31. The number of benzene rings is 1. The van der Waals surface area contributed by atoms with Gasteiger partial charge in [-0.2, -0.15) is 0 Å². The fourth-order valence-corrected chi connectivity index (χ4v) is 2.67. The van der Waals surface area contributed by atoms with Crippen LogP contribution in [-0.2, 0) is 9.53 Å². The molecule has 1 saturated heterocycles. The molecule has 1 aromatic carbocycles. The average Bonchev–Trinajstić information content (AvgIpc) is 2.46. The van der Waals surface area contributed by atoms with E-state index in [1.54, 1.807) is 0 Å². The molecule has 0 aromatic heterocycles. The van der Waals surface area contributed by atoms with Gasteiger partial charge in [0.15, 0.2) is 0 Å². The van der Waals surface area contributed by atoms with Crippen molar-refractivity contribution in [3.8, 4) is 0 Å². The number of nitrogens with one attached hydrogen (secondary N) is 1. The number of piperidine rings is 1. The standard InChI is InChI=1S/C17H24N2O3/c1-17(2,3)22-16(21)18-19-11-13(12-20)9-10-15(19)14-7-5-4-6-8-14/h4-8,12-13,15H,9-11H2,1-3H3,(H,18,21). The van der Waals surface area contributed by atoms with Crippen molar-refractivity contribution in [2.75, 3.05) is 6.54 Å². The molecule has 2 atom stereocenters. The molecule has 2 unspecified atom stereocenters. The van der Waals surface area contributed by atoms with Crippen molar-refractivity contribution in [2.24, 2.45) is 5.92 Å². The van der Waals surface area contributed by atoms with Crippen LogP contribution in [0.25, 0.3) is 0 Å². The van der Waals surface area contributed by atoms with Gasteiger partial charge in [0.25, 0.3) is 0 Å². The van der Waals surface area contributed by atoms with Crippen molar-refractivity contribution < 1.29 is 14.3 Å². The number of rotatable bonds is 3. The van der Waals surface area contributed by atoms with Crippen LogP contribution in [0.2, 0.25) is 0 Å². The highest BCUT2D eigenvalue weighted by Crippen LogP contribution is 2.31. The summed E-state index contributed by atoms with van der Waals surface area (Å²) in [5.41, 5.74) is 3.38. The molecule has 0 spiro atoms. The van der Waals surface area contributed by atoms with Gasteiger partial charge in [-0.05, 0) is 39.2 Å².